The van der Waals surface area contributed by atoms with Crippen LogP contribution in [0.4, 0.5) is 8.78 Å². The van der Waals surface area contributed by atoms with Crippen molar-refractivity contribution >= 4 is 31.9 Å². The van der Waals surface area contributed by atoms with Gasteiger partial charge in [0.1, 0.15) is 11.6 Å². The number of benzene rings is 1. The highest BCUT2D eigenvalue weighted by Gasteiger charge is 2.10. The molecule has 14 heavy (non-hydrogen) atoms. The zero-order valence-corrected chi connectivity index (χ0v) is 10.6. The van der Waals surface area contributed by atoms with Crippen LogP contribution in [-0.2, 0) is 6.42 Å². The molecule has 0 aliphatic carbocycles. The molecule has 0 nitrogen and oxygen atoms in total. The summed E-state index contributed by atoms with van der Waals surface area (Å²) in [6.45, 7) is 0. The van der Waals surface area contributed by atoms with Crippen LogP contribution in [0.3, 0.4) is 0 Å². The van der Waals surface area contributed by atoms with E-state index in [1.807, 2.05) is 0 Å². The molecule has 0 aliphatic heterocycles. The molecule has 0 amide bonds. The maximum atomic E-state index is 13.2. The van der Waals surface area contributed by atoms with Gasteiger partial charge < -0.3 is 0 Å². The van der Waals surface area contributed by atoms with E-state index in [0.29, 0.717) is 17.9 Å². The Kier molecular flexibility index (Phi) is 5.02. The summed E-state index contributed by atoms with van der Waals surface area (Å²) in [5, 5.41) is 1.60. The third-order valence-electron chi connectivity index (χ3n) is 1.96. The Bertz CT molecular complexity index is 298. The molecule has 0 fully saturated rings. The third kappa shape index (κ3) is 3.31. The molecule has 0 aromatic heterocycles. The number of alkyl halides is 2. The second-order valence-electron chi connectivity index (χ2n) is 3.11. The molecule has 0 atom stereocenters. The van der Waals surface area contributed by atoms with Crippen LogP contribution in [-0.4, -0.2) is 10.7 Å². The molecule has 0 saturated heterocycles. The molecular formula is C10H10Br2F2. The molecule has 0 saturated carbocycles. The first-order chi connectivity index (χ1) is 6.67. The Balaban J connectivity index is 2.76. The topological polar surface area (TPSA) is 0 Å². The third-order valence-corrected chi connectivity index (χ3v) is 3.79. The Morgan fingerprint density at radius 3 is 2.29 bits per heavy atom. The lowest BCUT2D eigenvalue weighted by Crippen LogP contribution is -2.08. The van der Waals surface area contributed by atoms with Crippen molar-refractivity contribution in [3.05, 3.63) is 35.4 Å². The van der Waals surface area contributed by atoms with Gasteiger partial charge in [-0.25, -0.2) is 8.78 Å². The maximum Gasteiger partial charge on any atom is 0.129 e. The molecule has 1 aromatic carbocycles. The minimum absolute atomic E-state index is 0.329. The Labute approximate surface area is 99.0 Å². The van der Waals surface area contributed by atoms with Crippen molar-refractivity contribution < 1.29 is 8.78 Å². The molecule has 1 rings (SSSR count). The fourth-order valence-corrected chi connectivity index (χ4v) is 2.68. The lowest BCUT2D eigenvalue weighted by Gasteiger charge is -2.10. The van der Waals surface area contributed by atoms with Gasteiger partial charge in [-0.2, -0.15) is 0 Å². The predicted octanol–water partition coefficient (Wildman–Crippen LogP) is 3.91. The van der Waals surface area contributed by atoms with Crippen molar-refractivity contribution in [2.24, 2.45) is 5.92 Å². The van der Waals surface area contributed by atoms with E-state index >= 15 is 0 Å². The summed E-state index contributed by atoms with van der Waals surface area (Å²) in [5.41, 5.74) is 0.565. The van der Waals surface area contributed by atoms with Crippen LogP contribution in [0.5, 0.6) is 0 Å². The molecule has 0 radical (unpaired) electrons. The van der Waals surface area contributed by atoms with Crippen molar-refractivity contribution in [1.82, 2.24) is 0 Å². The van der Waals surface area contributed by atoms with Crippen molar-refractivity contribution in [3.8, 4) is 0 Å². The van der Waals surface area contributed by atoms with E-state index in [2.05, 4.69) is 31.9 Å². The van der Waals surface area contributed by atoms with Gasteiger partial charge in [-0.3, -0.25) is 0 Å². The van der Waals surface area contributed by atoms with E-state index in [-0.39, 0.29) is 0 Å². The maximum absolute atomic E-state index is 13.2. The van der Waals surface area contributed by atoms with Crippen molar-refractivity contribution in [1.29, 1.82) is 0 Å². The van der Waals surface area contributed by atoms with Crippen LogP contribution in [0.1, 0.15) is 5.56 Å². The predicted molar refractivity (Wildman–Crippen MR) is 61.1 cm³/mol. The van der Waals surface area contributed by atoms with Gasteiger partial charge in [0.25, 0.3) is 0 Å². The normalized spacial score (nSPS) is 10.9. The fraction of sp³-hybridized carbons (Fsp3) is 0.400. The molecule has 0 spiro atoms. The van der Waals surface area contributed by atoms with Gasteiger partial charge in [0, 0.05) is 16.7 Å². The van der Waals surface area contributed by atoms with Crippen LogP contribution in [0.2, 0.25) is 0 Å². The van der Waals surface area contributed by atoms with E-state index in [9.17, 15) is 8.78 Å². The van der Waals surface area contributed by atoms with Gasteiger partial charge in [-0.15, -0.1) is 0 Å². The summed E-state index contributed by atoms with van der Waals surface area (Å²) >= 11 is 6.69. The molecule has 0 bridgehead atoms. The lowest BCUT2D eigenvalue weighted by molar-refractivity contribution is 0.557. The van der Waals surface area contributed by atoms with E-state index in [0.717, 1.165) is 16.7 Å². The van der Waals surface area contributed by atoms with E-state index in [1.54, 1.807) is 0 Å². The highest BCUT2D eigenvalue weighted by atomic mass is 79.9. The van der Waals surface area contributed by atoms with Crippen LogP contribution in [0.25, 0.3) is 0 Å². The van der Waals surface area contributed by atoms with Crippen molar-refractivity contribution in [2.75, 3.05) is 10.7 Å². The number of hydrogen-bond acceptors (Lipinski definition) is 0. The van der Waals surface area contributed by atoms with Crippen molar-refractivity contribution in [2.45, 2.75) is 6.42 Å². The van der Waals surface area contributed by atoms with E-state index in [4.69, 9.17) is 0 Å². The molecule has 0 unspecified atom stereocenters. The number of hydrogen-bond donors (Lipinski definition) is 0. The zero-order chi connectivity index (χ0) is 10.6. The van der Waals surface area contributed by atoms with Gasteiger partial charge in [-0.1, -0.05) is 37.9 Å². The van der Waals surface area contributed by atoms with E-state index in [1.165, 1.54) is 12.1 Å². The summed E-state index contributed by atoms with van der Waals surface area (Å²) < 4.78 is 25.8. The Morgan fingerprint density at radius 1 is 1.14 bits per heavy atom. The average Bonchev–Trinajstić information content (AvgIpc) is 2.17. The van der Waals surface area contributed by atoms with Gasteiger partial charge in [0.15, 0.2) is 0 Å². The Morgan fingerprint density at radius 2 is 1.79 bits per heavy atom. The molecule has 0 aliphatic rings. The first-order valence-corrected chi connectivity index (χ1v) is 6.47. The zero-order valence-electron chi connectivity index (χ0n) is 7.44. The summed E-state index contributed by atoms with van der Waals surface area (Å²) in [6.07, 6.45) is 0.614. The van der Waals surface area contributed by atoms with Crippen molar-refractivity contribution in [3.63, 3.8) is 0 Å². The second kappa shape index (κ2) is 5.81. The van der Waals surface area contributed by atoms with Crippen LogP contribution < -0.4 is 0 Å². The average molecular weight is 328 g/mol. The summed E-state index contributed by atoms with van der Waals surface area (Å²) in [5.74, 6) is -0.660. The van der Waals surface area contributed by atoms with E-state index < -0.39 is 11.6 Å². The van der Waals surface area contributed by atoms with Crippen LogP contribution >= 0.6 is 31.9 Å². The number of halogens is 4. The first kappa shape index (κ1) is 12.1. The van der Waals surface area contributed by atoms with Gasteiger partial charge in [0.05, 0.1) is 0 Å². The highest BCUT2D eigenvalue weighted by molar-refractivity contribution is 9.09. The highest BCUT2D eigenvalue weighted by Crippen LogP contribution is 2.17. The minimum Gasteiger partial charge on any atom is -0.207 e. The summed E-state index contributed by atoms with van der Waals surface area (Å²) in [4.78, 5) is 0. The quantitative estimate of drug-likeness (QED) is 0.735. The van der Waals surface area contributed by atoms with Crippen LogP contribution in [0, 0.1) is 17.6 Å². The molecule has 0 heterocycles. The number of rotatable bonds is 4. The van der Waals surface area contributed by atoms with Gasteiger partial charge in [0.2, 0.25) is 0 Å². The summed E-state index contributed by atoms with van der Waals surface area (Å²) in [7, 11) is 0. The molecule has 78 valence electrons. The first-order valence-electron chi connectivity index (χ1n) is 4.23. The van der Waals surface area contributed by atoms with Gasteiger partial charge in [-0.05, 0) is 24.0 Å². The SMILES string of the molecule is Fc1ccc(CC(CBr)CBr)c(F)c1. The molecule has 1 aromatic rings. The largest absolute Gasteiger partial charge is 0.207 e. The van der Waals surface area contributed by atoms with Gasteiger partial charge >= 0.3 is 0 Å². The molecule has 0 N–H and O–H groups in total. The second-order valence-corrected chi connectivity index (χ2v) is 4.41. The molecular weight excluding hydrogens is 318 g/mol. The smallest absolute Gasteiger partial charge is 0.129 e. The fourth-order valence-electron chi connectivity index (χ4n) is 1.15. The standard InChI is InChI=1S/C10H10Br2F2/c11-5-7(6-12)3-8-1-2-9(13)4-10(8)14/h1-2,4,7H,3,5-6H2. The monoisotopic (exact) mass is 326 g/mol. The van der Waals surface area contributed by atoms with Crippen LogP contribution in [0.15, 0.2) is 18.2 Å². The molecule has 4 heteroatoms. The lowest BCUT2D eigenvalue weighted by atomic mass is 10.0. The Hall–Kier alpha value is 0.0400. The summed E-state index contributed by atoms with van der Waals surface area (Å²) in [6, 6.07) is 3.72. The minimum atomic E-state index is -0.527.